The van der Waals surface area contributed by atoms with Gasteiger partial charge in [-0.05, 0) is 24.1 Å². The van der Waals surface area contributed by atoms with Crippen LogP contribution in [0.25, 0.3) is 0 Å². The standard InChI is InChI=1S/C9H10F2O2/c1-13-8-5-6(2-3-12)4-7(10)9(8)11/h4-5,12H,2-3H2,1H3. The fraction of sp³-hybridized carbons (Fsp3) is 0.333. The monoisotopic (exact) mass is 188 g/mol. The maximum atomic E-state index is 12.9. The Kier molecular flexibility index (Phi) is 3.19. The van der Waals surface area contributed by atoms with E-state index in [0.29, 0.717) is 5.56 Å². The predicted octanol–water partition coefficient (Wildman–Crippen LogP) is 1.51. The maximum Gasteiger partial charge on any atom is 0.200 e. The van der Waals surface area contributed by atoms with E-state index in [1.807, 2.05) is 0 Å². The molecule has 0 aliphatic rings. The minimum Gasteiger partial charge on any atom is -0.494 e. The zero-order valence-electron chi connectivity index (χ0n) is 7.18. The molecule has 72 valence electrons. The summed E-state index contributed by atoms with van der Waals surface area (Å²) in [7, 11) is 1.26. The van der Waals surface area contributed by atoms with E-state index in [2.05, 4.69) is 4.74 Å². The van der Waals surface area contributed by atoms with Gasteiger partial charge in [0, 0.05) is 6.61 Å². The molecule has 0 saturated heterocycles. The van der Waals surface area contributed by atoms with Crippen LogP contribution in [0.3, 0.4) is 0 Å². The Hall–Kier alpha value is -1.16. The third kappa shape index (κ3) is 2.15. The van der Waals surface area contributed by atoms with Crippen LogP contribution in [-0.4, -0.2) is 18.8 Å². The number of hydrogen-bond donors (Lipinski definition) is 1. The van der Waals surface area contributed by atoms with Crippen molar-refractivity contribution < 1.29 is 18.6 Å². The number of aliphatic hydroxyl groups is 1. The molecule has 0 unspecified atom stereocenters. The molecule has 1 aromatic rings. The number of halogens is 2. The van der Waals surface area contributed by atoms with Gasteiger partial charge in [0.05, 0.1) is 7.11 Å². The highest BCUT2D eigenvalue weighted by molar-refractivity contribution is 5.31. The minimum atomic E-state index is -0.996. The normalized spacial score (nSPS) is 10.2. The molecule has 0 amide bonds. The molecule has 0 heterocycles. The maximum absolute atomic E-state index is 12.9. The van der Waals surface area contributed by atoms with Gasteiger partial charge in [0.2, 0.25) is 5.82 Å². The van der Waals surface area contributed by atoms with Crippen LogP contribution in [0.1, 0.15) is 5.56 Å². The van der Waals surface area contributed by atoms with Gasteiger partial charge in [-0.15, -0.1) is 0 Å². The Bertz CT molecular complexity index is 300. The van der Waals surface area contributed by atoms with Crippen LogP contribution < -0.4 is 4.74 Å². The average molecular weight is 188 g/mol. The second-order valence-electron chi connectivity index (χ2n) is 2.57. The molecule has 2 nitrogen and oxygen atoms in total. The molecule has 0 aliphatic carbocycles. The molecular formula is C9H10F2O2. The van der Waals surface area contributed by atoms with Crippen molar-refractivity contribution in [2.75, 3.05) is 13.7 Å². The van der Waals surface area contributed by atoms with E-state index in [9.17, 15) is 8.78 Å². The topological polar surface area (TPSA) is 29.5 Å². The third-order valence-electron chi connectivity index (χ3n) is 1.68. The lowest BCUT2D eigenvalue weighted by Crippen LogP contribution is -1.97. The summed E-state index contributed by atoms with van der Waals surface area (Å²) in [4.78, 5) is 0. The highest BCUT2D eigenvalue weighted by atomic mass is 19.2. The second kappa shape index (κ2) is 4.18. The molecule has 4 heteroatoms. The number of hydrogen-bond acceptors (Lipinski definition) is 2. The van der Waals surface area contributed by atoms with Crippen molar-refractivity contribution in [3.8, 4) is 5.75 Å². The molecule has 1 N–H and O–H groups in total. The van der Waals surface area contributed by atoms with Crippen molar-refractivity contribution in [2.24, 2.45) is 0 Å². The van der Waals surface area contributed by atoms with Crippen LogP contribution in [0.15, 0.2) is 12.1 Å². The Morgan fingerprint density at radius 1 is 1.38 bits per heavy atom. The van der Waals surface area contributed by atoms with E-state index in [1.165, 1.54) is 13.2 Å². The van der Waals surface area contributed by atoms with E-state index >= 15 is 0 Å². The van der Waals surface area contributed by atoms with Crippen LogP contribution >= 0.6 is 0 Å². The lowest BCUT2D eigenvalue weighted by molar-refractivity contribution is 0.298. The summed E-state index contributed by atoms with van der Waals surface area (Å²) in [6.45, 7) is -0.103. The van der Waals surface area contributed by atoms with Gasteiger partial charge >= 0.3 is 0 Å². The van der Waals surface area contributed by atoms with Gasteiger partial charge in [-0.3, -0.25) is 0 Å². The van der Waals surface area contributed by atoms with Gasteiger partial charge in [-0.25, -0.2) is 4.39 Å². The molecule has 0 fully saturated rings. The first-order valence-corrected chi connectivity index (χ1v) is 3.81. The lowest BCUT2D eigenvalue weighted by Gasteiger charge is -2.05. The number of methoxy groups -OCH3 is 1. The summed E-state index contributed by atoms with van der Waals surface area (Å²) >= 11 is 0. The first kappa shape index (κ1) is 9.92. The number of ether oxygens (including phenoxy) is 1. The molecule has 1 aromatic carbocycles. The summed E-state index contributed by atoms with van der Waals surface area (Å²) < 4.78 is 30.3. The van der Waals surface area contributed by atoms with Crippen LogP contribution in [0.4, 0.5) is 8.78 Å². The zero-order chi connectivity index (χ0) is 9.84. The largest absolute Gasteiger partial charge is 0.494 e. The van der Waals surface area contributed by atoms with Gasteiger partial charge in [0.15, 0.2) is 11.6 Å². The fourth-order valence-electron chi connectivity index (χ4n) is 1.04. The molecule has 0 bridgehead atoms. The van der Waals surface area contributed by atoms with E-state index in [4.69, 9.17) is 5.11 Å². The first-order chi connectivity index (χ1) is 6.19. The SMILES string of the molecule is COc1cc(CCO)cc(F)c1F. The first-order valence-electron chi connectivity index (χ1n) is 3.81. The van der Waals surface area contributed by atoms with E-state index in [-0.39, 0.29) is 18.8 Å². The van der Waals surface area contributed by atoms with Crippen molar-refractivity contribution in [1.29, 1.82) is 0 Å². The number of aliphatic hydroxyl groups excluding tert-OH is 1. The van der Waals surface area contributed by atoms with Gasteiger partial charge in [-0.2, -0.15) is 4.39 Å². The Labute approximate surface area is 74.8 Å². The van der Waals surface area contributed by atoms with Gasteiger partial charge in [-0.1, -0.05) is 0 Å². The lowest BCUT2D eigenvalue weighted by atomic mass is 10.1. The number of benzene rings is 1. The van der Waals surface area contributed by atoms with Gasteiger partial charge in [0.25, 0.3) is 0 Å². The summed E-state index contributed by atoms with van der Waals surface area (Å²) in [5.74, 6) is -2.09. The predicted molar refractivity (Wildman–Crippen MR) is 43.7 cm³/mol. The second-order valence-corrected chi connectivity index (χ2v) is 2.57. The smallest absolute Gasteiger partial charge is 0.200 e. The van der Waals surface area contributed by atoms with Crippen molar-refractivity contribution in [1.82, 2.24) is 0 Å². The number of rotatable bonds is 3. The summed E-state index contributed by atoms with van der Waals surface area (Å²) in [6, 6.07) is 2.42. The van der Waals surface area contributed by atoms with Crippen LogP contribution in [-0.2, 0) is 6.42 Å². The molecule has 0 saturated carbocycles. The Balaban J connectivity index is 3.06. The zero-order valence-corrected chi connectivity index (χ0v) is 7.18. The molecule has 0 spiro atoms. The van der Waals surface area contributed by atoms with Crippen LogP contribution in [0.5, 0.6) is 5.75 Å². The molecule has 0 aliphatic heterocycles. The molecule has 0 atom stereocenters. The Morgan fingerprint density at radius 2 is 2.08 bits per heavy atom. The summed E-state index contributed by atoms with van der Waals surface area (Å²) in [5.41, 5.74) is 0.512. The minimum absolute atomic E-state index is 0.103. The van der Waals surface area contributed by atoms with E-state index in [0.717, 1.165) is 6.07 Å². The fourth-order valence-corrected chi connectivity index (χ4v) is 1.04. The molecule has 13 heavy (non-hydrogen) atoms. The molecule has 1 rings (SSSR count). The Morgan fingerprint density at radius 3 is 2.62 bits per heavy atom. The summed E-state index contributed by atoms with van der Waals surface area (Å²) in [5, 5.41) is 8.59. The van der Waals surface area contributed by atoms with Crippen molar-refractivity contribution >= 4 is 0 Å². The summed E-state index contributed by atoms with van der Waals surface area (Å²) in [6.07, 6.45) is 0.285. The van der Waals surface area contributed by atoms with Crippen molar-refractivity contribution in [3.63, 3.8) is 0 Å². The molecular weight excluding hydrogens is 178 g/mol. The molecule has 0 radical (unpaired) electrons. The molecule has 0 aromatic heterocycles. The third-order valence-corrected chi connectivity index (χ3v) is 1.68. The van der Waals surface area contributed by atoms with Crippen molar-refractivity contribution in [3.05, 3.63) is 29.3 Å². The highest BCUT2D eigenvalue weighted by Crippen LogP contribution is 2.21. The van der Waals surface area contributed by atoms with E-state index in [1.54, 1.807) is 0 Å². The van der Waals surface area contributed by atoms with Crippen LogP contribution in [0.2, 0.25) is 0 Å². The quantitative estimate of drug-likeness (QED) is 0.779. The van der Waals surface area contributed by atoms with Gasteiger partial charge in [0.1, 0.15) is 0 Å². The average Bonchev–Trinajstić information content (AvgIpc) is 2.11. The van der Waals surface area contributed by atoms with Crippen molar-refractivity contribution in [2.45, 2.75) is 6.42 Å². The highest BCUT2D eigenvalue weighted by Gasteiger charge is 2.10. The van der Waals surface area contributed by atoms with E-state index < -0.39 is 11.6 Å². The van der Waals surface area contributed by atoms with Gasteiger partial charge < -0.3 is 9.84 Å². The van der Waals surface area contributed by atoms with Crippen LogP contribution in [0, 0.1) is 11.6 Å².